The van der Waals surface area contributed by atoms with Crippen LogP contribution < -0.4 is 4.74 Å². The normalized spacial score (nSPS) is 15.2. The standard InChI is InChI=1S/C30H31Cl2N5O4S/c1-20-19-35(12-13-36(20)29(39)21-16-22(31)18-23(32)17-21)27(38)7-3-4-15-42-30-34-33-28(26-6-5-14-41-26)37(30)24-8-10-25(40-2)11-9-24/h5-6,8-11,14,16-18,20H,3-4,7,12-13,15,19H2,1-2H3. The first-order valence-corrected chi connectivity index (χ1v) is 15.4. The molecule has 220 valence electrons. The van der Waals surface area contributed by atoms with Crippen molar-refractivity contribution in [2.24, 2.45) is 0 Å². The van der Waals surface area contributed by atoms with Gasteiger partial charge in [-0.1, -0.05) is 35.0 Å². The van der Waals surface area contributed by atoms with E-state index in [-0.39, 0.29) is 17.9 Å². The Kier molecular flexibility index (Phi) is 9.76. The van der Waals surface area contributed by atoms with Crippen LogP contribution >= 0.6 is 35.0 Å². The third-order valence-electron chi connectivity index (χ3n) is 7.07. The van der Waals surface area contributed by atoms with Crippen LogP contribution in [0.2, 0.25) is 10.0 Å². The molecule has 2 amide bonds. The summed E-state index contributed by atoms with van der Waals surface area (Å²) in [6, 6.07) is 16.1. The summed E-state index contributed by atoms with van der Waals surface area (Å²) in [6.45, 7) is 3.41. The lowest BCUT2D eigenvalue weighted by atomic mass is 10.1. The molecule has 1 fully saturated rings. The molecular weight excluding hydrogens is 597 g/mol. The van der Waals surface area contributed by atoms with Crippen LogP contribution in [0.1, 0.15) is 36.5 Å². The summed E-state index contributed by atoms with van der Waals surface area (Å²) in [5.41, 5.74) is 1.35. The van der Waals surface area contributed by atoms with E-state index in [2.05, 4.69) is 10.2 Å². The van der Waals surface area contributed by atoms with E-state index in [1.54, 1.807) is 48.2 Å². The van der Waals surface area contributed by atoms with Crippen LogP contribution in [0.5, 0.6) is 5.75 Å². The van der Waals surface area contributed by atoms with Crippen LogP contribution in [0.3, 0.4) is 0 Å². The Labute approximate surface area is 258 Å². The molecule has 9 nitrogen and oxygen atoms in total. The highest BCUT2D eigenvalue weighted by Gasteiger charge is 2.30. The molecule has 1 saturated heterocycles. The van der Waals surface area contributed by atoms with Crippen molar-refractivity contribution in [3.05, 3.63) is 76.5 Å². The summed E-state index contributed by atoms with van der Waals surface area (Å²) in [4.78, 5) is 29.6. The summed E-state index contributed by atoms with van der Waals surface area (Å²) in [7, 11) is 1.63. The molecule has 1 aliphatic rings. The fourth-order valence-electron chi connectivity index (χ4n) is 4.92. The first kappa shape index (κ1) is 30.0. The third kappa shape index (κ3) is 6.94. The van der Waals surface area contributed by atoms with Crippen LogP contribution in [0.4, 0.5) is 0 Å². The Morgan fingerprint density at radius 3 is 2.48 bits per heavy atom. The number of carbonyl (C=O) groups is 2. The number of thioether (sulfide) groups is 1. The minimum Gasteiger partial charge on any atom is -0.497 e. The number of carbonyl (C=O) groups excluding carboxylic acids is 2. The van der Waals surface area contributed by atoms with E-state index < -0.39 is 0 Å². The molecule has 42 heavy (non-hydrogen) atoms. The second kappa shape index (κ2) is 13.7. The third-order valence-corrected chi connectivity index (χ3v) is 8.52. The number of furan rings is 1. The van der Waals surface area contributed by atoms with Crippen molar-refractivity contribution in [2.45, 2.75) is 37.4 Å². The van der Waals surface area contributed by atoms with Crippen molar-refractivity contribution >= 4 is 46.8 Å². The molecule has 1 atom stereocenters. The Bertz CT molecular complexity index is 1510. The van der Waals surface area contributed by atoms with E-state index in [9.17, 15) is 9.59 Å². The molecule has 0 aliphatic carbocycles. The van der Waals surface area contributed by atoms with Gasteiger partial charge in [-0.3, -0.25) is 14.2 Å². The first-order chi connectivity index (χ1) is 20.3. The molecule has 2 aromatic carbocycles. The summed E-state index contributed by atoms with van der Waals surface area (Å²) in [5.74, 6) is 2.76. The second-order valence-electron chi connectivity index (χ2n) is 9.97. The molecule has 1 aliphatic heterocycles. The van der Waals surface area contributed by atoms with Crippen molar-refractivity contribution < 1.29 is 18.7 Å². The van der Waals surface area contributed by atoms with E-state index in [1.807, 2.05) is 52.8 Å². The topological polar surface area (TPSA) is 93.7 Å². The summed E-state index contributed by atoms with van der Waals surface area (Å²) < 4.78 is 12.9. The number of hydrogen-bond donors (Lipinski definition) is 0. The highest BCUT2D eigenvalue weighted by atomic mass is 35.5. The molecular formula is C30H31Cl2N5O4S. The van der Waals surface area contributed by atoms with Crippen molar-refractivity contribution in [3.63, 3.8) is 0 Å². The number of aromatic nitrogens is 3. The molecule has 1 unspecified atom stereocenters. The quantitative estimate of drug-likeness (QED) is 0.147. The zero-order chi connectivity index (χ0) is 29.6. The van der Waals surface area contributed by atoms with Gasteiger partial charge in [0.15, 0.2) is 10.9 Å². The maximum Gasteiger partial charge on any atom is 0.254 e. The van der Waals surface area contributed by atoms with Crippen molar-refractivity contribution in [2.75, 3.05) is 32.5 Å². The van der Waals surface area contributed by atoms with Gasteiger partial charge in [0.1, 0.15) is 5.75 Å². The first-order valence-electron chi connectivity index (χ1n) is 13.7. The van der Waals surface area contributed by atoms with Crippen LogP contribution in [-0.2, 0) is 4.79 Å². The fourth-order valence-corrected chi connectivity index (χ4v) is 6.40. The number of ether oxygens (including phenoxy) is 1. The number of amides is 2. The van der Waals surface area contributed by atoms with Gasteiger partial charge in [0.2, 0.25) is 11.7 Å². The van der Waals surface area contributed by atoms with Crippen LogP contribution in [0.25, 0.3) is 17.3 Å². The highest BCUT2D eigenvalue weighted by Crippen LogP contribution is 2.30. The van der Waals surface area contributed by atoms with Gasteiger partial charge in [0.05, 0.1) is 19.1 Å². The van der Waals surface area contributed by atoms with E-state index in [1.165, 1.54) is 0 Å². The van der Waals surface area contributed by atoms with Gasteiger partial charge in [-0.2, -0.15) is 0 Å². The van der Waals surface area contributed by atoms with Gasteiger partial charge in [-0.25, -0.2) is 0 Å². The molecule has 0 saturated carbocycles. The number of piperazine rings is 1. The van der Waals surface area contributed by atoms with Gasteiger partial charge in [-0.05, 0) is 74.4 Å². The Hall–Kier alpha value is -3.47. The van der Waals surface area contributed by atoms with Gasteiger partial charge in [-0.15, -0.1) is 10.2 Å². The van der Waals surface area contributed by atoms with Gasteiger partial charge >= 0.3 is 0 Å². The zero-order valence-corrected chi connectivity index (χ0v) is 25.7. The molecule has 5 rings (SSSR count). The summed E-state index contributed by atoms with van der Waals surface area (Å²) in [5, 5.41) is 10.4. The molecule has 0 radical (unpaired) electrons. The van der Waals surface area contributed by atoms with Gasteiger partial charge in [0, 0.05) is 53.5 Å². The average molecular weight is 629 g/mol. The number of unbranched alkanes of at least 4 members (excludes halogenated alkanes) is 1. The van der Waals surface area contributed by atoms with Crippen LogP contribution in [0, 0.1) is 0 Å². The van der Waals surface area contributed by atoms with Gasteiger partial charge in [0.25, 0.3) is 5.91 Å². The molecule has 12 heteroatoms. The lowest BCUT2D eigenvalue weighted by Crippen LogP contribution is -2.55. The van der Waals surface area contributed by atoms with Crippen LogP contribution in [-0.4, -0.2) is 74.9 Å². The SMILES string of the molecule is COc1ccc(-n2c(SCCCCC(=O)N3CCN(C(=O)c4cc(Cl)cc(Cl)c4)C(C)C3)nnc2-c2ccco2)cc1. The van der Waals surface area contributed by atoms with Gasteiger partial charge < -0.3 is 19.0 Å². The molecule has 0 spiro atoms. The molecule has 0 N–H and O–H groups in total. The number of halogens is 2. The largest absolute Gasteiger partial charge is 0.497 e. The Morgan fingerprint density at radius 1 is 1.05 bits per heavy atom. The van der Waals surface area contributed by atoms with E-state index in [0.717, 1.165) is 35.2 Å². The highest BCUT2D eigenvalue weighted by molar-refractivity contribution is 7.99. The number of nitrogens with zero attached hydrogens (tertiary/aromatic N) is 5. The Balaban J connectivity index is 1.12. The maximum absolute atomic E-state index is 13.0. The van der Waals surface area contributed by atoms with Crippen molar-refractivity contribution in [1.82, 2.24) is 24.6 Å². The van der Waals surface area contributed by atoms with Crippen LogP contribution in [0.15, 0.2) is 70.4 Å². The second-order valence-corrected chi connectivity index (χ2v) is 11.9. The van der Waals surface area contributed by atoms with Crippen molar-refractivity contribution in [1.29, 1.82) is 0 Å². The minimum atomic E-state index is -0.131. The average Bonchev–Trinajstić information content (AvgIpc) is 3.66. The lowest BCUT2D eigenvalue weighted by Gasteiger charge is -2.40. The number of rotatable bonds is 10. The molecule has 2 aromatic heterocycles. The Morgan fingerprint density at radius 2 is 1.81 bits per heavy atom. The van der Waals surface area contributed by atoms with E-state index in [4.69, 9.17) is 32.4 Å². The maximum atomic E-state index is 13.0. The minimum absolute atomic E-state index is 0.103. The fraction of sp³-hybridized carbons (Fsp3) is 0.333. The van der Waals surface area contributed by atoms with E-state index >= 15 is 0 Å². The number of methoxy groups -OCH3 is 1. The van der Waals surface area contributed by atoms with Crippen molar-refractivity contribution in [3.8, 4) is 23.0 Å². The number of benzene rings is 2. The molecule has 3 heterocycles. The summed E-state index contributed by atoms with van der Waals surface area (Å²) >= 11 is 13.8. The zero-order valence-electron chi connectivity index (χ0n) is 23.3. The molecule has 0 bridgehead atoms. The number of hydrogen-bond acceptors (Lipinski definition) is 7. The lowest BCUT2D eigenvalue weighted by molar-refractivity contribution is -0.133. The summed E-state index contributed by atoms with van der Waals surface area (Å²) in [6.07, 6.45) is 3.65. The predicted octanol–water partition coefficient (Wildman–Crippen LogP) is 6.48. The molecule has 4 aromatic rings. The predicted molar refractivity (Wildman–Crippen MR) is 164 cm³/mol. The monoisotopic (exact) mass is 627 g/mol. The smallest absolute Gasteiger partial charge is 0.254 e. The van der Waals surface area contributed by atoms with E-state index in [0.29, 0.717) is 53.2 Å².